The van der Waals surface area contributed by atoms with E-state index in [2.05, 4.69) is 15.0 Å². The van der Waals surface area contributed by atoms with Gasteiger partial charge in [-0.25, -0.2) is 21.7 Å². The zero-order valence-electron chi connectivity index (χ0n) is 14.3. The quantitative estimate of drug-likeness (QED) is 0.282. The van der Waals surface area contributed by atoms with Gasteiger partial charge < -0.3 is 10.2 Å². The standard InChI is InChI=1S/C17H15N7O4/c18-23(14(27)10-5-1-3-7-12(10)25)16-20-9-21-17(22-16)24(19)15(28)11-6-2-4-8-13(11)26/h1-9,25-26H,18-19H2. The number of carbonyl (C=O) groups is 2. The predicted octanol–water partition coefficient (Wildman–Crippen LogP) is 0.324. The molecule has 6 N–H and O–H groups in total. The minimum Gasteiger partial charge on any atom is -0.507 e. The number of anilines is 2. The number of rotatable bonds is 4. The minimum atomic E-state index is -0.786. The van der Waals surface area contributed by atoms with Gasteiger partial charge in [-0.15, -0.1) is 0 Å². The molecule has 0 unspecified atom stereocenters. The molecule has 3 rings (SSSR count). The van der Waals surface area contributed by atoms with E-state index in [0.29, 0.717) is 10.0 Å². The van der Waals surface area contributed by atoms with Gasteiger partial charge in [-0.2, -0.15) is 15.0 Å². The molecule has 0 fully saturated rings. The normalized spacial score (nSPS) is 10.4. The molecule has 11 heteroatoms. The molecule has 0 spiro atoms. The molecule has 3 aromatic rings. The maximum Gasteiger partial charge on any atom is 0.278 e. The van der Waals surface area contributed by atoms with Gasteiger partial charge in [-0.1, -0.05) is 24.3 Å². The van der Waals surface area contributed by atoms with E-state index >= 15 is 0 Å². The average Bonchev–Trinajstić information content (AvgIpc) is 2.72. The number of hydrazine groups is 2. The molecule has 0 saturated heterocycles. The van der Waals surface area contributed by atoms with E-state index in [1.165, 1.54) is 24.3 Å². The topological polar surface area (TPSA) is 172 Å². The van der Waals surface area contributed by atoms with Crippen LogP contribution in [0.2, 0.25) is 0 Å². The Morgan fingerprint density at radius 3 is 1.54 bits per heavy atom. The van der Waals surface area contributed by atoms with Crippen LogP contribution in [0.25, 0.3) is 0 Å². The van der Waals surface area contributed by atoms with E-state index in [9.17, 15) is 19.8 Å². The van der Waals surface area contributed by atoms with Gasteiger partial charge >= 0.3 is 0 Å². The number of benzene rings is 2. The summed E-state index contributed by atoms with van der Waals surface area (Å²) in [5.74, 6) is 8.78. The van der Waals surface area contributed by atoms with Crippen LogP contribution in [0.1, 0.15) is 20.7 Å². The third kappa shape index (κ3) is 3.56. The van der Waals surface area contributed by atoms with Crippen molar-refractivity contribution < 1.29 is 19.8 Å². The molecule has 11 nitrogen and oxygen atoms in total. The van der Waals surface area contributed by atoms with Gasteiger partial charge in [0.25, 0.3) is 23.7 Å². The van der Waals surface area contributed by atoms with Gasteiger partial charge in [0.1, 0.15) is 17.8 Å². The Balaban J connectivity index is 1.88. The van der Waals surface area contributed by atoms with E-state index < -0.39 is 11.8 Å². The molecule has 2 aromatic carbocycles. The summed E-state index contributed by atoms with van der Waals surface area (Å²) in [7, 11) is 0. The van der Waals surface area contributed by atoms with Crippen LogP contribution >= 0.6 is 0 Å². The molecule has 1 aromatic heterocycles. The number of amides is 2. The van der Waals surface area contributed by atoms with E-state index in [1.807, 2.05) is 0 Å². The van der Waals surface area contributed by atoms with Gasteiger partial charge in [0.2, 0.25) is 0 Å². The number of para-hydroxylation sites is 2. The highest BCUT2D eigenvalue weighted by atomic mass is 16.3. The fraction of sp³-hybridized carbons (Fsp3) is 0. The van der Waals surface area contributed by atoms with Crippen LogP contribution in [-0.2, 0) is 0 Å². The Hall–Kier alpha value is -4.09. The molecule has 2 amide bonds. The molecule has 0 aliphatic heterocycles. The smallest absolute Gasteiger partial charge is 0.278 e. The molecule has 142 valence electrons. The second-order valence-electron chi connectivity index (χ2n) is 5.47. The van der Waals surface area contributed by atoms with Crippen LogP contribution in [0.4, 0.5) is 11.9 Å². The summed E-state index contributed by atoms with van der Waals surface area (Å²) < 4.78 is 0. The van der Waals surface area contributed by atoms with Crippen molar-refractivity contribution in [2.24, 2.45) is 11.7 Å². The molecule has 0 saturated carbocycles. The van der Waals surface area contributed by atoms with Crippen molar-refractivity contribution in [3.8, 4) is 11.5 Å². The third-order valence-electron chi connectivity index (χ3n) is 3.68. The third-order valence-corrected chi connectivity index (χ3v) is 3.68. The summed E-state index contributed by atoms with van der Waals surface area (Å²) in [5.41, 5.74) is -0.135. The van der Waals surface area contributed by atoms with Crippen molar-refractivity contribution in [1.82, 2.24) is 15.0 Å². The van der Waals surface area contributed by atoms with Crippen LogP contribution in [0.15, 0.2) is 54.9 Å². The summed E-state index contributed by atoms with van der Waals surface area (Å²) >= 11 is 0. The Bertz CT molecular complexity index is 965. The molecule has 28 heavy (non-hydrogen) atoms. The number of carbonyl (C=O) groups excluding carboxylic acids is 2. The van der Waals surface area contributed by atoms with Gasteiger partial charge in [-0.3, -0.25) is 9.59 Å². The van der Waals surface area contributed by atoms with E-state index in [4.69, 9.17) is 11.7 Å². The lowest BCUT2D eigenvalue weighted by Crippen LogP contribution is -2.41. The number of hydrogen-bond acceptors (Lipinski definition) is 9. The summed E-state index contributed by atoms with van der Waals surface area (Å²) in [6.45, 7) is 0. The monoisotopic (exact) mass is 381 g/mol. The maximum absolute atomic E-state index is 12.4. The molecular weight excluding hydrogens is 366 g/mol. The second-order valence-corrected chi connectivity index (χ2v) is 5.47. The lowest BCUT2D eigenvalue weighted by molar-refractivity contribution is 0.0977. The van der Waals surface area contributed by atoms with E-state index in [1.54, 1.807) is 24.3 Å². The number of nitrogens with two attached hydrogens (primary N) is 2. The highest BCUT2D eigenvalue weighted by Crippen LogP contribution is 2.21. The first-order chi connectivity index (χ1) is 13.4. The van der Waals surface area contributed by atoms with Crippen molar-refractivity contribution in [1.29, 1.82) is 0 Å². The highest BCUT2D eigenvalue weighted by Gasteiger charge is 2.23. The van der Waals surface area contributed by atoms with Crippen LogP contribution < -0.4 is 21.7 Å². The van der Waals surface area contributed by atoms with Crippen molar-refractivity contribution in [2.45, 2.75) is 0 Å². The first-order valence-electron chi connectivity index (χ1n) is 7.83. The van der Waals surface area contributed by atoms with Gasteiger partial charge in [-0.05, 0) is 24.3 Å². The number of aromatic hydroxyl groups is 2. The SMILES string of the molecule is NN(C(=O)c1ccccc1O)c1ncnc(N(N)C(=O)c2ccccc2O)n1. The van der Waals surface area contributed by atoms with Gasteiger partial charge in [0.15, 0.2) is 0 Å². The Kier molecular flexibility index (Phi) is 5.11. The molecule has 0 aliphatic rings. The first-order valence-corrected chi connectivity index (χ1v) is 7.83. The lowest BCUT2D eigenvalue weighted by atomic mass is 10.2. The van der Waals surface area contributed by atoms with E-state index in [-0.39, 0.29) is 34.5 Å². The van der Waals surface area contributed by atoms with E-state index in [0.717, 1.165) is 6.33 Å². The fourth-order valence-electron chi connectivity index (χ4n) is 2.26. The first kappa shape index (κ1) is 18.7. The number of aromatic nitrogens is 3. The Morgan fingerprint density at radius 2 is 1.14 bits per heavy atom. The minimum absolute atomic E-state index is 0.0677. The number of phenols is 2. The Morgan fingerprint density at radius 1 is 0.750 bits per heavy atom. The number of phenolic OH excluding ortho intramolecular Hbond substituents is 2. The van der Waals surface area contributed by atoms with Gasteiger partial charge in [0.05, 0.1) is 11.1 Å². The van der Waals surface area contributed by atoms with Crippen molar-refractivity contribution in [2.75, 3.05) is 10.0 Å². The molecule has 1 heterocycles. The zero-order valence-corrected chi connectivity index (χ0v) is 14.3. The van der Waals surface area contributed by atoms with Crippen LogP contribution in [-0.4, -0.2) is 37.0 Å². The lowest BCUT2D eigenvalue weighted by Gasteiger charge is -2.18. The van der Waals surface area contributed by atoms with Crippen LogP contribution in [0, 0.1) is 0 Å². The molecular formula is C17H15N7O4. The average molecular weight is 381 g/mol. The molecule has 0 atom stereocenters. The fourth-order valence-corrected chi connectivity index (χ4v) is 2.26. The Labute approximate surface area is 158 Å². The summed E-state index contributed by atoms with van der Waals surface area (Å²) in [5, 5.41) is 20.7. The number of hydrogen-bond donors (Lipinski definition) is 4. The molecule has 0 aliphatic carbocycles. The molecule has 0 radical (unpaired) electrons. The van der Waals surface area contributed by atoms with Crippen molar-refractivity contribution in [3.05, 3.63) is 66.0 Å². The van der Waals surface area contributed by atoms with Crippen LogP contribution in [0.5, 0.6) is 11.5 Å². The largest absolute Gasteiger partial charge is 0.507 e. The summed E-state index contributed by atoms with van der Waals surface area (Å²) in [6.07, 6.45) is 1.01. The maximum atomic E-state index is 12.4. The van der Waals surface area contributed by atoms with Crippen molar-refractivity contribution in [3.63, 3.8) is 0 Å². The summed E-state index contributed by atoms with van der Waals surface area (Å²) in [6, 6.07) is 11.6. The second kappa shape index (κ2) is 7.65. The molecule has 0 bridgehead atoms. The predicted molar refractivity (Wildman–Crippen MR) is 98.0 cm³/mol. The highest BCUT2D eigenvalue weighted by molar-refractivity contribution is 6.07. The summed E-state index contributed by atoms with van der Waals surface area (Å²) in [4.78, 5) is 36.3. The van der Waals surface area contributed by atoms with Gasteiger partial charge in [0, 0.05) is 0 Å². The van der Waals surface area contributed by atoms with Crippen molar-refractivity contribution >= 4 is 23.7 Å². The zero-order chi connectivity index (χ0) is 20.3. The van der Waals surface area contributed by atoms with Crippen LogP contribution in [0.3, 0.4) is 0 Å². The number of nitrogens with zero attached hydrogens (tertiary/aromatic N) is 5.